The average molecular weight is 573 g/mol. The van der Waals surface area contributed by atoms with Crippen LogP contribution in [0.2, 0.25) is 0 Å². The molecular formula is C23H33IN4O3S. The standard InChI is InChI=1S/C23H32N4O3S.HI/c1-3-17(2)26-22(28)10-12-25-23(24-11-9-19-6-4-15-31-19)27-18-7-8-20-21(16-18)30-14-5-13-29-20;/h4,6-8,15-17H,3,5,9-14H2,1-2H3,(H,26,28)(H2,24,25,27);1H. The lowest BCUT2D eigenvalue weighted by Gasteiger charge is -2.15. The molecule has 1 unspecified atom stereocenters. The van der Waals surface area contributed by atoms with E-state index >= 15 is 0 Å². The van der Waals surface area contributed by atoms with Crippen LogP contribution in [0.1, 0.15) is 38.0 Å². The van der Waals surface area contributed by atoms with Crippen molar-refractivity contribution in [3.8, 4) is 11.5 Å². The second-order valence-electron chi connectivity index (χ2n) is 7.45. The summed E-state index contributed by atoms with van der Waals surface area (Å²) in [7, 11) is 0. The van der Waals surface area contributed by atoms with E-state index in [-0.39, 0.29) is 35.9 Å². The third kappa shape index (κ3) is 8.85. The van der Waals surface area contributed by atoms with Crippen molar-refractivity contribution in [2.75, 3.05) is 31.6 Å². The number of aliphatic imine (C=N–C) groups is 1. The van der Waals surface area contributed by atoms with Gasteiger partial charge in [0.25, 0.3) is 0 Å². The predicted octanol–water partition coefficient (Wildman–Crippen LogP) is 4.43. The van der Waals surface area contributed by atoms with Crippen LogP contribution in [0.3, 0.4) is 0 Å². The van der Waals surface area contributed by atoms with E-state index in [2.05, 4.69) is 40.4 Å². The van der Waals surface area contributed by atoms with Gasteiger partial charge < -0.3 is 25.4 Å². The SMILES string of the molecule is CCC(C)NC(=O)CCNC(=NCCc1cccs1)Nc1ccc2c(c1)OCCCO2.I. The van der Waals surface area contributed by atoms with Crippen LogP contribution < -0.4 is 25.4 Å². The molecule has 0 fully saturated rings. The van der Waals surface area contributed by atoms with E-state index < -0.39 is 0 Å². The first-order chi connectivity index (χ1) is 15.1. The molecule has 32 heavy (non-hydrogen) atoms. The summed E-state index contributed by atoms with van der Waals surface area (Å²) >= 11 is 1.73. The topological polar surface area (TPSA) is 84.0 Å². The maximum atomic E-state index is 12.1. The van der Waals surface area contributed by atoms with Gasteiger partial charge in [0.2, 0.25) is 5.91 Å². The first kappa shape index (κ1) is 26.2. The number of anilines is 1. The number of nitrogens with one attached hydrogen (secondary N) is 3. The molecule has 0 aliphatic carbocycles. The van der Waals surface area contributed by atoms with Crippen LogP contribution in [-0.2, 0) is 11.2 Å². The summed E-state index contributed by atoms with van der Waals surface area (Å²) < 4.78 is 11.5. The van der Waals surface area contributed by atoms with Crippen molar-refractivity contribution >= 4 is 52.9 Å². The molecule has 1 aliphatic heterocycles. The van der Waals surface area contributed by atoms with Crippen molar-refractivity contribution < 1.29 is 14.3 Å². The molecule has 0 saturated carbocycles. The highest BCUT2D eigenvalue weighted by molar-refractivity contribution is 14.0. The molecule has 0 spiro atoms. The van der Waals surface area contributed by atoms with Gasteiger partial charge in [-0.25, -0.2) is 0 Å². The maximum absolute atomic E-state index is 12.1. The zero-order valence-electron chi connectivity index (χ0n) is 18.7. The van der Waals surface area contributed by atoms with Crippen molar-refractivity contribution in [3.63, 3.8) is 0 Å². The Morgan fingerprint density at radius 3 is 2.78 bits per heavy atom. The fourth-order valence-corrected chi connectivity index (χ4v) is 3.69. The molecule has 7 nitrogen and oxygen atoms in total. The monoisotopic (exact) mass is 572 g/mol. The fourth-order valence-electron chi connectivity index (χ4n) is 2.99. The number of hydrogen-bond donors (Lipinski definition) is 3. The summed E-state index contributed by atoms with van der Waals surface area (Å²) in [5, 5.41) is 11.7. The number of carbonyl (C=O) groups is 1. The third-order valence-corrected chi connectivity index (χ3v) is 5.82. The van der Waals surface area contributed by atoms with Crippen molar-refractivity contribution in [2.45, 2.75) is 45.6 Å². The molecule has 3 rings (SSSR count). The van der Waals surface area contributed by atoms with Crippen LogP contribution >= 0.6 is 35.3 Å². The van der Waals surface area contributed by atoms with E-state index in [1.807, 2.05) is 25.1 Å². The van der Waals surface area contributed by atoms with Gasteiger partial charge in [-0.3, -0.25) is 9.79 Å². The summed E-state index contributed by atoms with van der Waals surface area (Å²) in [5.41, 5.74) is 0.857. The Bertz CT molecular complexity index is 861. The number of fused-ring (bicyclic) bond motifs is 1. The highest BCUT2D eigenvalue weighted by atomic mass is 127. The zero-order valence-corrected chi connectivity index (χ0v) is 21.8. The molecule has 1 atom stereocenters. The maximum Gasteiger partial charge on any atom is 0.221 e. The van der Waals surface area contributed by atoms with Crippen LogP contribution in [0.4, 0.5) is 5.69 Å². The lowest BCUT2D eigenvalue weighted by molar-refractivity contribution is -0.121. The Labute approximate surface area is 211 Å². The second kappa shape index (κ2) is 14.2. The molecule has 2 heterocycles. The number of amides is 1. The number of halogens is 1. The van der Waals surface area contributed by atoms with Gasteiger partial charge in [0, 0.05) is 55.0 Å². The minimum atomic E-state index is 0. The fraction of sp³-hybridized carbons (Fsp3) is 0.478. The molecule has 1 amide bonds. The smallest absolute Gasteiger partial charge is 0.221 e. The molecule has 2 aromatic rings. The normalized spacial score (nSPS) is 14.0. The average Bonchev–Trinajstić information content (AvgIpc) is 3.17. The van der Waals surface area contributed by atoms with Crippen LogP contribution in [0, 0.1) is 0 Å². The van der Waals surface area contributed by atoms with Gasteiger partial charge in [0.15, 0.2) is 17.5 Å². The third-order valence-electron chi connectivity index (χ3n) is 4.88. The molecular weight excluding hydrogens is 539 g/mol. The van der Waals surface area contributed by atoms with Crippen molar-refractivity contribution in [2.24, 2.45) is 4.99 Å². The summed E-state index contributed by atoms with van der Waals surface area (Å²) in [6.07, 6.45) is 3.05. The second-order valence-corrected chi connectivity index (χ2v) is 8.48. The van der Waals surface area contributed by atoms with Gasteiger partial charge in [-0.1, -0.05) is 13.0 Å². The molecule has 1 aromatic carbocycles. The quantitative estimate of drug-likeness (QED) is 0.235. The van der Waals surface area contributed by atoms with Crippen LogP contribution in [0.15, 0.2) is 40.7 Å². The van der Waals surface area contributed by atoms with Gasteiger partial charge in [-0.2, -0.15) is 0 Å². The number of carbonyl (C=O) groups excluding carboxylic acids is 1. The summed E-state index contributed by atoms with van der Waals surface area (Å²) in [6.45, 7) is 6.52. The number of hydrogen-bond acceptors (Lipinski definition) is 5. The molecule has 3 N–H and O–H groups in total. The summed E-state index contributed by atoms with van der Waals surface area (Å²) in [6, 6.07) is 10.1. The van der Waals surface area contributed by atoms with Gasteiger partial charge >= 0.3 is 0 Å². The first-order valence-electron chi connectivity index (χ1n) is 10.9. The molecule has 0 radical (unpaired) electrons. The molecule has 1 aromatic heterocycles. The number of benzene rings is 1. The van der Waals surface area contributed by atoms with E-state index in [1.165, 1.54) is 4.88 Å². The van der Waals surface area contributed by atoms with Gasteiger partial charge in [0.05, 0.1) is 13.2 Å². The van der Waals surface area contributed by atoms with E-state index in [4.69, 9.17) is 14.5 Å². The van der Waals surface area contributed by atoms with E-state index in [0.29, 0.717) is 38.7 Å². The Hall–Kier alpha value is -2.01. The first-order valence-corrected chi connectivity index (χ1v) is 11.8. The molecule has 0 saturated heterocycles. The Balaban J connectivity index is 0.00000363. The van der Waals surface area contributed by atoms with Crippen LogP contribution in [0.5, 0.6) is 11.5 Å². The van der Waals surface area contributed by atoms with Gasteiger partial charge in [-0.15, -0.1) is 35.3 Å². The van der Waals surface area contributed by atoms with E-state index in [1.54, 1.807) is 11.3 Å². The van der Waals surface area contributed by atoms with E-state index in [9.17, 15) is 4.79 Å². The Kier molecular flexibility index (Phi) is 11.6. The summed E-state index contributed by atoms with van der Waals surface area (Å²) in [4.78, 5) is 18.1. The largest absolute Gasteiger partial charge is 0.490 e. The zero-order chi connectivity index (χ0) is 21.9. The lowest BCUT2D eigenvalue weighted by atomic mass is 10.2. The molecule has 1 aliphatic rings. The van der Waals surface area contributed by atoms with Crippen molar-refractivity contribution in [1.82, 2.24) is 10.6 Å². The number of guanidine groups is 1. The number of thiophene rings is 1. The minimum Gasteiger partial charge on any atom is -0.490 e. The highest BCUT2D eigenvalue weighted by Crippen LogP contribution is 2.32. The van der Waals surface area contributed by atoms with Crippen LogP contribution in [0.25, 0.3) is 0 Å². The Morgan fingerprint density at radius 2 is 2.03 bits per heavy atom. The predicted molar refractivity (Wildman–Crippen MR) is 142 cm³/mol. The number of ether oxygens (including phenoxy) is 2. The Morgan fingerprint density at radius 1 is 1.22 bits per heavy atom. The van der Waals surface area contributed by atoms with Crippen molar-refractivity contribution in [3.05, 3.63) is 40.6 Å². The molecule has 0 bridgehead atoms. The number of rotatable bonds is 9. The summed E-state index contributed by atoms with van der Waals surface area (Å²) in [5.74, 6) is 2.17. The highest BCUT2D eigenvalue weighted by Gasteiger charge is 2.12. The van der Waals surface area contributed by atoms with Gasteiger partial charge in [-0.05, 0) is 36.9 Å². The van der Waals surface area contributed by atoms with Gasteiger partial charge in [0.1, 0.15) is 0 Å². The van der Waals surface area contributed by atoms with E-state index in [0.717, 1.165) is 36.4 Å². The van der Waals surface area contributed by atoms with Crippen molar-refractivity contribution in [1.29, 1.82) is 0 Å². The lowest BCUT2D eigenvalue weighted by Crippen LogP contribution is -2.37. The molecule has 9 heteroatoms. The van der Waals surface area contributed by atoms with Crippen LogP contribution in [-0.4, -0.2) is 44.2 Å². The minimum absolute atomic E-state index is 0. The molecule has 176 valence electrons. The number of nitrogens with zero attached hydrogens (tertiary/aromatic N) is 1.